The zero-order chi connectivity index (χ0) is 10.6. The van der Waals surface area contributed by atoms with Crippen LogP contribution in [0.5, 0.6) is 0 Å². The van der Waals surface area contributed by atoms with E-state index in [0.717, 1.165) is 11.9 Å². The Balaban J connectivity index is 0.000000461. The highest BCUT2D eigenvalue weighted by Gasteiger charge is 1.99. The minimum atomic E-state index is -0.391. The van der Waals surface area contributed by atoms with Crippen LogP contribution in [0.1, 0.15) is 26.3 Å². The fourth-order valence-corrected chi connectivity index (χ4v) is 1.21. The molecule has 0 bridgehead atoms. The van der Waals surface area contributed by atoms with Crippen molar-refractivity contribution in [1.29, 1.82) is 0 Å². The molecule has 1 heterocycles. The quantitative estimate of drug-likeness (QED) is 0.756. The highest BCUT2D eigenvalue weighted by atomic mass is 16.4. The minimum Gasteiger partial charge on any atom is -0.408 e. The van der Waals surface area contributed by atoms with Gasteiger partial charge in [-0.15, -0.1) is 0 Å². The maximum Gasteiger partial charge on any atom is 0.417 e. The van der Waals surface area contributed by atoms with E-state index in [0.29, 0.717) is 5.58 Å². The molecule has 0 aliphatic carbocycles. The summed E-state index contributed by atoms with van der Waals surface area (Å²) in [7, 11) is 0. The summed E-state index contributed by atoms with van der Waals surface area (Å²) >= 11 is 0. The molecule has 0 fully saturated rings. The predicted molar refractivity (Wildman–Crippen MR) is 57.6 cm³/mol. The van der Waals surface area contributed by atoms with E-state index in [9.17, 15) is 4.79 Å². The molecule has 2 rings (SSSR count). The first-order valence-electron chi connectivity index (χ1n) is 4.91. The van der Waals surface area contributed by atoms with Crippen LogP contribution in [-0.2, 0) is 6.42 Å². The van der Waals surface area contributed by atoms with Gasteiger partial charge in [-0.05, 0) is 24.1 Å². The van der Waals surface area contributed by atoms with Gasteiger partial charge < -0.3 is 4.42 Å². The molecule has 14 heavy (non-hydrogen) atoms. The van der Waals surface area contributed by atoms with Crippen molar-refractivity contribution < 1.29 is 4.42 Å². The first-order chi connectivity index (χ1) is 6.79. The molecular weight excluding hydrogens is 178 g/mol. The Bertz CT molecular complexity index is 454. The van der Waals surface area contributed by atoms with Gasteiger partial charge in [-0.1, -0.05) is 26.8 Å². The van der Waals surface area contributed by atoms with Gasteiger partial charge in [-0.3, -0.25) is 4.98 Å². The largest absolute Gasteiger partial charge is 0.417 e. The molecule has 2 aromatic rings. The number of aromatic nitrogens is 1. The third-order valence-electron chi connectivity index (χ3n) is 1.89. The van der Waals surface area contributed by atoms with Crippen LogP contribution in [0.4, 0.5) is 0 Å². The molecule has 0 radical (unpaired) electrons. The Morgan fingerprint density at radius 2 is 2.07 bits per heavy atom. The number of hydrogen-bond acceptors (Lipinski definition) is 2. The molecular formula is C11H15NO2. The average molecular weight is 193 g/mol. The summed E-state index contributed by atoms with van der Waals surface area (Å²) in [5.41, 5.74) is 2.57. The van der Waals surface area contributed by atoms with Crippen molar-refractivity contribution in [3.8, 4) is 0 Å². The Morgan fingerprint density at radius 3 is 2.71 bits per heavy atom. The molecule has 0 saturated carbocycles. The Hall–Kier alpha value is -1.51. The zero-order valence-corrected chi connectivity index (χ0v) is 8.76. The number of benzene rings is 1. The number of rotatable bonds is 1. The summed E-state index contributed by atoms with van der Waals surface area (Å²) in [6, 6.07) is 5.72. The monoisotopic (exact) mass is 193 g/mol. The lowest BCUT2D eigenvalue weighted by Gasteiger charge is -1.92. The lowest BCUT2D eigenvalue weighted by atomic mass is 10.2. The van der Waals surface area contributed by atoms with Crippen LogP contribution in [-0.4, -0.2) is 4.98 Å². The van der Waals surface area contributed by atoms with Crippen molar-refractivity contribution in [3.05, 3.63) is 34.3 Å². The third-order valence-corrected chi connectivity index (χ3v) is 1.89. The van der Waals surface area contributed by atoms with Gasteiger partial charge in [0, 0.05) is 0 Å². The molecule has 0 amide bonds. The van der Waals surface area contributed by atoms with Gasteiger partial charge in [0.05, 0.1) is 5.52 Å². The summed E-state index contributed by atoms with van der Waals surface area (Å²) in [4.78, 5) is 13.4. The average Bonchev–Trinajstić information content (AvgIpc) is 2.59. The van der Waals surface area contributed by atoms with Gasteiger partial charge in [0.15, 0.2) is 5.58 Å². The SMILES string of the molecule is CC.CCc1ccc2[nH]c(=O)oc2c1. The summed E-state index contributed by atoms with van der Waals surface area (Å²) in [5, 5.41) is 0. The van der Waals surface area contributed by atoms with Crippen molar-refractivity contribution in [2.24, 2.45) is 0 Å². The van der Waals surface area contributed by atoms with Crippen molar-refractivity contribution in [2.75, 3.05) is 0 Å². The summed E-state index contributed by atoms with van der Waals surface area (Å²) in [5.74, 6) is -0.391. The van der Waals surface area contributed by atoms with Gasteiger partial charge in [-0.2, -0.15) is 0 Å². The van der Waals surface area contributed by atoms with Gasteiger partial charge in [0.25, 0.3) is 0 Å². The molecule has 0 spiro atoms. The van der Waals surface area contributed by atoms with Crippen molar-refractivity contribution in [3.63, 3.8) is 0 Å². The van der Waals surface area contributed by atoms with Gasteiger partial charge in [0.2, 0.25) is 0 Å². The molecule has 1 aromatic heterocycles. The first-order valence-corrected chi connectivity index (χ1v) is 4.91. The second-order valence-electron chi connectivity index (χ2n) is 2.70. The van der Waals surface area contributed by atoms with Gasteiger partial charge in [-0.25, -0.2) is 4.79 Å². The Kier molecular flexibility index (Phi) is 3.51. The molecule has 3 nitrogen and oxygen atoms in total. The molecule has 76 valence electrons. The smallest absolute Gasteiger partial charge is 0.408 e. The number of nitrogens with one attached hydrogen (secondary N) is 1. The highest BCUT2D eigenvalue weighted by molar-refractivity contribution is 5.72. The molecule has 0 aliphatic rings. The van der Waals surface area contributed by atoms with Crippen molar-refractivity contribution in [1.82, 2.24) is 4.98 Å². The number of oxazole rings is 1. The van der Waals surface area contributed by atoms with Gasteiger partial charge >= 0.3 is 5.76 Å². The van der Waals surface area contributed by atoms with Crippen LogP contribution in [0.15, 0.2) is 27.4 Å². The van der Waals surface area contributed by atoms with E-state index in [1.54, 1.807) is 0 Å². The standard InChI is InChI=1S/C9H9NO2.C2H6/c1-2-6-3-4-7-8(5-6)12-9(11)10-7;1-2/h3-5H,2H2,1H3,(H,10,11);1-2H3. The van der Waals surface area contributed by atoms with E-state index < -0.39 is 5.76 Å². The minimum absolute atomic E-state index is 0.391. The fraction of sp³-hybridized carbons (Fsp3) is 0.364. The summed E-state index contributed by atoms with van der Waals surface area (Å²) < 4.78 is 4.90. The Morgan fingerprint density at radius 1 is 1.36 bits per heavy atom. The van der Waals surface area contributed by atoms with E-state index >= 15 is 0 Å². The van der Waals surface area contributed by atoms with Gasteiger partial charge in [0.1, 0.15) is 0 Å². The maximum atomic E-state index is 10.8. The van der Waals surface area contributed by atoms with Crippen LogP contribution >= 0.6 is 0 Å². The van der Waals surface area contributed by atoms with Crippen LogP contribution in [0.3, 0.4) is 0 Å². The molecule has 0 unspecified atom stereocenters. The zero-order valence-electron chi connectivity index (χ0n) is 8.76. The number of aromatic amines is 1. The van der Waals surface area contributed by atoms with E-state index in [-0.39, 0.29) is 0 Å². The van der Waals surface area contributed by atoms with E-state index in [1.165, 1.54) is 5.56 Å². The van der Waals surface area contributed by atoms with Crippen LogP contribution < -0.4 is 5.76 Å². The molecule has 1 aromatic carbocycles. The van der Waals surface area contributed by atoms with Crippen LogP contribution in [0.25, 0.3) is 11.1 Å². The Labute approximate surface area is 82.8 Å². The second kappa shape index (κ2) is 4.65. The second-order valence-corrected chi connectivity index (χ2v) is 2.70. The van der Waals surface area contributed by atoms with Crippen LogP contribution in [0, 0.1) is 0 Å². The topological polar surface area (TPSA) is 46.0 Å². The molecule has 1 N–H and O–H groups in total. The summed E-state index contributed by atoms with van der Waals surface area (Å²) in [6.07, 6.45) is 0.949. The highest BCUT2D eigenvalue weighted by Crippen LogP contribution is 2.12. The number of aryl methyl sites for hydroxylation is 1. The maximum absolute atomic E-state index is 10.8. The van der Waals surface area contributed by atoms with Crippen molar-refractivity contribution in [2.45, 2.75) is 27.2 Å². The molecule has 0 aliphatic heterocycles. The molecule has 0 atom stereocenters. The third kappa shape index (κ3) is 2.05. The summed E-state index contributed by atoms with van der Waals surface area (Å²) in [6.45, 7) is 6.06. The number of hydrogen-bond donors (Lipinski definition) is 1. The molecule has 0 saturated heterocycles. The lowest BCUT2D eigenvalue weighted by molar-refractivity contribution is 0.555. The molecule has 3 heteroatoms. The lowest BCUT2D eigenvalue weighted by Crippen LogP contribution is -1.92. The number of H-pyrrole nitrogens is 1. The normalized spacial score (nSPS) is 9.64. The van der Waals surface area contributed by atoms with Crippen molar-refractivity contribution >= 4 is 11.1 Å². The van der Waals surface area contributed by atoms with E-state index in [1.807, 2.05) is 32.0 Å². The first kappa shape index (κ1) is 10.6. The van der Waals surface area contributed by atoms with Crippen LogP contribution in [0.2, 0.25) is 0 Å². The predicted octanol–water partition coefficient (Wildman–Crippen LogP) is 2.71. The fourth-order valence-electron chi connectivity index (χ4n) is 1.21. The van der Waals surface area contributed by atoms with E-state index in [2.05, 4.69) is 11.9 Å². The van der Waals surface area contributed by atoms with E-state index in [4.69, 9.17) is 4.42 Å². The number of fused-ring (bicyclic) bond motifs is 1.